The van der Waals surface area contributed by atoms with Crippen LogP contribution in [0.15, 0.2) is 0 Å². The molecule has 14 heavy (non-hydrogen) atoms. The number of amides is 1. The molecule has 1 fully saturated rings. The summed E-state index contributed by atoms with van der Waals surface area (Å²) in [5, 5.41) is 2.57. The number of nitrogens with two attached hydrogens (primary N) is 1. The molecule has 1 amide bonds. The molecule has 3 N–H and O–H groups in total. The first-order chi connectivity index (χ1) is 6.65. The fraction of sp³-hybridized carbons (Fsp3) is 0.750. The summed E-state index contributed by atoms with van der Waals surface area (Å²) < 4.78 is 4.57. The molecule has 0 aromatic carbocycles. The summed E-state index contributed by atoms with van der Waals surface area (Å²) >= 11 is 1.58. The largest absolute Gasteiger partial charge is 0.467 e. The SMILES string of the molecule is COC(=O)[C@H]1CCSC[C@H](N)C(=O)N1. The molecular weight excluding hydrogens is 204 g/mol. The fourth-order valence-electron chi connectivity index (χ4n) is 1.16. The molecule has 0 unspecified atom stereocenters. The van der Waals surface area contributed by atoms with E-state index in [1.165, 1.54) is 7.11 Å². The molecule has 5 nitrogen and oxygen atoms in total. The number of nitrogens with one attached hydrogen (secondary N) is 1. The lowest BCUT2D eigenvalue weighted by atomic mass is 10.2. The Hall–Kier alpha value is -0.750. The summed E-state index contributed by atoms with van der Waals surface area (Å²) in [6.45, 7) is 0. The summed E-state index contributed by atoms with van der Waals surface area (Å²) in [5.74, 6) is 0.702. The van der Waals surface area contributed by atoms with Gasteiger partial charge in [-0.3, -0.25) is 4.79 Å². The van der Waals surface area contributed by atoms with Crippen molar-refractivity contribution in [1.82, 2.24) is 5.32 Å². The zero-order valence-corrected chi connectivity index (χ0v) is 8.80. The third-order valence-corrected chi connectivity index (χ3v) is 3.11. The number of ether oxygens (including phenoxy) is 1. The van der Waals surface area contributed by atoms with Crippen molar-refractivity contribution in [2.24, 2.45) is 5.73 Å². The third kappa shape index (κ3) is 2.88. The summed E-state index contributed by atoms with van der Waals surface area (Å²) in [5.41, 5.74) is 5.57. The number of esters is 1. The van der Waals surface area contributed by atoms with Gasteiger partial charge in [-0.1, -0.05) is 0 Å². The van der Waals surface area contributed by atoms with Crippen molar-refractivity contribution in [3.05, 3.63) is 0 Å². The van der Waals surface area contributed by atoms with Crippen molar-refractivity contribution in [3.8, 4) is 0 Å². The maximum Gasteiger partial charge on any atom is 0.328 e. The number of methoxy groups -OCH3 is 1. The first-order valence-corrected chi connectivity index (χ1v) is 5.52. The van der Waals surface area contributed by atoms with Crippen molar-refractivity contribution in [2.75, 3.05) is 18.6 Å². The van der Waals surface area contributed by atoms with Gasteiger partial charge in [-0.15, -0.1) is 0 Å². The molecule has 0 radical (unpaired) electrons. The van der Waals surface area contributed by atoms with E-state index >= 15 is 0 Å². The van der Waals surface area contributed by atoms with Crippen LogP contribution in [0.3, 0.4) is 0 Å². The van der Waals surface area contributed by atoms with Gasteiger partial charge in [0.1, 0.15) is 6.04 Å². The molecule has 1 heterocycles. The predicted octanol–water partition coefficient (Wildman–Crippen LogP) is -0.892. The summed E-state index contributed by atoms with van der Waals surface area (Å²) in [7, 11) is 1.31. The molecule has 6 heteroatoms. The number of carbonyl (C=O) groups is 2. The molecule has 0 saturated carbocycles. The van der Waals surface area contributed by atoms with Gasteiger partial charge in [-0.2, -0.15) is 11.8 Å². The van der Waals surface area contributed by atoms with Crippen LogP contribution in [0.25, 0.3) is 0 Å². The second kappa shape index (κ2) is 5.21. The molecule has 0 bridgehead atoms. The van der Waals surface area contributed by atoms with E-state index in [1.807, 2.05) is 0 Å². The minimum atomic E-state index is -0.550. The normalized spacial score (nSPS) is 28.6. The van der Waals surface area contributed by atoms with E-state index in [0.717, 1.165) is 5.75 Å². The van der Waals surface area contributed by atoms with Gasteiger partial charge >= 0.3 is 5.97 Å². The molecule has 0 aromatic rings. The molecule has 0 aliphatic carbocycles. The minimum Gasteiger partial charge on any atom is -0.467 e. The van der Waals surface area contributed by atoms with Crippen molar-refractivity contribution < 1.29 is 14.3 Å². The van der Waals surface area contributed by atoms with E-state index in [-0.39, 0.29) is 5.91 Å². The Balaban J connectivity index is 2.59. The first kappa shape index (κ1) is 11.3. The van der Waals surface area contributed by atoms with Crippen LogP contribution in [0.5, 0.6) is 0 Å². The monoisotopic (exact) mass is 218 g/mol. The highest BCUT2D eigenvalue weighted by Crippen LogP contribution is 2.10. The molecule has 0 aromatic heterocycles. The summed E-state index contributed by atoms with van der Waals surface area (Å²) in [6, 6.07) is -1.08. The van der Waals surface area contributed by atoms with E-state index in [4.69, 9.17) is 5.73 Å². The van der Waals surface area contributed by atoms with E-state index < -0.39 is 18.1 Å². The van der Waals surface area contributed by atoms with Crippen molar-refractivity contribution in [1.29, 1.82) is 0 Å². The van der Waals surface area contributed by atoms with E-state index in [9.17, 15) is 9.59 Å². The third-order valence-electron chi connectivity index (χ3n) is 1.99. The molecular formula is C8H14N2O3S. The molecule has 1 rings (SSSR count). The minimum absolute atomic E-state index is 0.285. The smallest absolute Gasteiger partial charge is 0.328 e. The molecule has 1 aliphatic rings. The maximum atomic E-state index is 11.3. The fourth-order valence-corrected chi connectivity index (χ4v) is 2.13. The van der Waals surface area contributed by atoms with Crippen LogP contribution in [-0.2, 0) is 14.3 Å². The topological polar surface area (TPSA) is 81.4 Å². The van der Waals surface area contributed by atoms with Crippen LogP contribution >= 0.6 is 11.8 Å². The molecule has 1 aliphatic heterocycles. The van der Waals surface area contributed by atoms with Gasteiger partial charge in [0, 0.05) is 5.75 Å². The Morgan fingerprint density at radius 3 is 3.07 bits per heavy atom. The standard InChI is InChI=1S/C8H14N2O3S/c1-13-8(12)6-2-3-14-4-5(9)7(11)10-6/h5-6H,2-4,9H2,1H3,(H,10,11)/t5-,6+/m0/s1. The summed E-state index contributed by atoms with van der Waals surface area (Å²) in [6.07, 6.45) is 0.593. The van der Waals surface area contributed by atoms with Gasteiger partial charge in [0.25, 0.3) is 0 Å². The molecule has 80 valence electrons. The van der Waals surface area contributed by atoms with Crippen LogP contribution in [-0.4, -0.2) is 42.6 Å². The quantitative estimate of drug-likeness (QED) is 0.558. The highest BCUT2D eigenvalue weighted by atomic mass is 32.2. The molecule has 1 saturated heterocycles. The predicted molar refractivity (Wildman–Crippen MR) is 53.9 cm³/mol. The average molecular weight is 218 g/mol. The average Bonchev–Trinajstić information content (AvgIpc) is 2.18. The Kier molecular flexibility index (Phi) is 4.21. The number of rotatable bonds is 1. The van der Waals surface area contributed by atoms with Crippen molar-refractivity contribution >= 4 is 23.6 Å². The van der Waals surface area contributed by atoms with Gasteiger partial charge < -0.3 is 15.8 Å². The summed E-state index contributed by atoms with van der Waals surface area (Å²) in [4.78, 5) is 22.5. The number of hydrogen-bond acceptors (Lipinski definition) is 5. The first-order valence-electron chi connectivity index (χ1n) is 4.36. The van der Waals surface area contributed by atoms with E-state index in [2.05, 4.69) is 10.1 Å². The lowest BCUT2D eigenvalue weighted by Crippen LogP contribution is -2.51. The number of thioether (sulfide) groups is 1. The van der Waals surface area contributed by atoms with Crippen LogP contribution in [0, 0.1) is 0 Å². The lowest BCUT2D eigenvalue weighted by Gasteiger charge is -2.21. The van der Waals surface area contributed by atoms with E-state index in [0.29, 0.717) is 12.2 Å². The molecule has 2 atom stereocenters. The number of hydrogen-bond donors (Lipinski definition) is 2. The van der Waals surface area contributed by atoms with Gasteiger partial charge in [0.05, 0.1) is 13.2 Å². The Morgan fingerprint density at radius 1 is 1.71 bits per heavy atom. The van der Waals surface area contributed by atoms with E-state index in [1.54, 1.807) is 11.8 Å². The van der Waals surface area contributed by atoms with Crippen LogP contribution in [0.2, 0.25) is 0 Å². The molecule has 0 spiro atoms. The maximum absolute atomic E-state index is 11.3. The van der Waals surface area contributed by atoms with Crippen molar-refractivity contribution in [3.63, 3.8) is 0 Å². The van der Waals surface area contributed by atoms with Gasteiger partial charge in [-0.05, 0) is 12.2 Å². The zero-order chi connectivity index (χ0) is 10.6. The number of carbonyl (C=O) groups excluding carboxylic acids is 2. The van der Waals surface area contributed by atoms with Crippen molar-refractivity contribution in [2.45, 2.75) is 18.5 Å². The highest BCUT2D eigenvalue weighted by Gasteiger charge is 2.26. The van der Waals surface area contributed by atoms with Gasteiger partial charge in [0.2, 0.25) is 5.91 Å². The van der Waals surface area contributed by atoms with Crippen LogP contribution in [0.4, 0.5) is 0 Å². The van der Waals surface area contributed by atoms with Gasteiger partial charge in [0.15, 0.2) is 0 Å². The second-order valence-electron chi connectivity index (χ2n) is 3.05. The Bertz CT molecular complexity index is 235. The van der Waals surface area contributed by atoms with Gasteiger partial charge in [-0.25, -0.2) is 4.79 Å². The zero-order valence-electron chi connectivity index (χ0n) is 7.99. The second-order valence-corrected chi connectivity index (χ2v) is 4.20. The van der Waals surface area contributed by atoms with Crippen LogP contribution < -0.4 is 11.1 Å². The highest BCUT2D eigenvalue weighted by molar-refractivity contribution is 7.99. The Morgan fingerprint density at radius 2 is 2.43 bits per heavy atom. The van der Waals surface area contributed by atoms with Crippen LogP contribution in [0.1, 0.15) is 6.42 Å². The lowest BCUT2D eigenvalue weighted by molar-refractivity contribution is -0.145. The Labute approximate surface area is 86.7 Å².